The van der Waals surface area contributed by atoms with Crippen LogP contribution in [0, 0.1) is 23.9 Å². The Morgan fingerprint density at radius 1 is 0.631 bits per heavy atom. The van der Waals surface area contributed by atoms with Crippen LogP contribution in [0.3, 0.4) is 0 Å². The third-order valence-corrected chi connectivity index (χ3v) is 10.8. The van der Waals surface area contributed by atoms with Gasteiger partial charge in [-0.05, 0) is 80.0 Å². The minimum absolute atomic E-state index is 0. The fourth-order valence-electron chi connectivity index (χ4n) is 8.19. The Morgan fingerprint density at radius 2 is 1.32 bits per heavy atom. The summed E-state index contributed by atoms with van der Waals surface area (Å²) >= 11 is 0. The van der Waals surface area contributed by atoms with Crippen molar-refractivity contribution < 1.29 is 46.8 Å². The average molecular weight is 1030 g/mol. The van der Waals surface area contributed by atoms with E-state index < -0.39 is 72.2 Å². The maximum atomic E-state index is 9.11. The van der Waals surface area contributed by atoms with E-state index in [1.807, 2.05) is 73.9 Å². The molecule has 0 bridgehead atoms. The number of rotatable bonds is 9. The van der Waals surface area contributed by atoms with Crippen LogP contribution in [-0.2, 0) is 27.4 Å². The average Bonchev–Trinajstić information content (AvgIpc) is 4.02. The Labute approximate surface area is 411 Å². The molecule has 0 aliphatic carbocycles. The Bertz CT molecular complexity index is 4050. The van der Waals surface area contributed by atoms with Crippen molar-refractivity contribution in [2.75, 3.05) is 0 Å². The number of pyridine rings is 1. The summed E-state index contributed by atoms with van der Waals surface area (Å²) in [4.78, 5) is 4.79. The molecule has 5 nitrogen and oxygen atoms in total. The van der Waals surface area contributed by atoms with Crippen molar-refractivity contribution in [3.05, 3.63) is 224 Å². The second kappa shape index (κ2) is 17.3. The molecule has 0 spiro atoms. The minimum Gasteiger partial charge on any atom is -0.510 e. The molecule has 0 atom stereocenters. The summed E-state index contributed by atoms with van der Waals surface area (Å²) in [5.41, 5.74) is 4.94. The zero-order valence-corrected chi connectivity index (χ0v) is 37.6. The maximum absolute atomic E-state index is 9.11. The van der Waals surface area contributed by atoms with Crippen molar-refractivity contribution in [3.63, 3.8) is 0 Å². The molecule has 0 unspecified atom stereocenters. The molecule has 11 rings (SSSR count). The molecule has 0 saturated heterocycles. The maximum Gasteiger partial charge on any atom is 0.268 e. The predicted molar refractivity (Wildman–Crippen MR) is 259 cm³/mol. The van der Waals surface area contributed by atoms with Crippen LogP contribution in [0.5, 0.6) is 11.5 Å². The van der Waals surface area contributed by atoms with Crippen LogP contribution in [0.15, 0.2) is 200 Å². The summed E-state index contributed by atoms with van der Waals surface area (Å²) in [6, 6.07) is 42.3. The molecular formula is C59H44N4OPt-2. The number of para-hydroxylation sites is 3. The summed E-state index contributed by atoms with van der Waals surface area (Å²) in [7, 11) is 0. The second-order valence-corrected chi connectivity index (χ2v) is 16.3. The number of ether oxygens (including phenoxy) is 1. The molecule has 318 valence electrons. The molecule has 0 amide bonds. The largest absolute Gasteiger partial charge is 0.510 e. The Hall–Kier alpha value is -7.33. The van der Waals surface area contributed by atoms with Gasteiger partial charge in [-0.25, -0.2) is 4.98 Å². The molecule has 8 aromatic carbocycles. The fourth-order valence-corrected chi connectivity index (χ4v) is 8.19. The molecule has 65 heavy (non-hydrogen) atoms. The molecule has 0 fully saturated rings. The first-order valence-electron chi connectivity index (χ1n) is 26.7. The molecule has 0 saturated carbocycles. The second-order valence-electron chi connectivity index (χ2n) is 16.3. The Balaban J connectivity index is 0.00000672. The van der Waals surface area contributed by atoms with E-state index in [-0.39, 0.29) is 49.0 Å². The zero-order chi connectivity index (χ0) is 53.7. The van der Waals surface area contributed by atoms with Gasteiger partial charge in [-0.2, -0.15) is 18.2 Å². The molecule has 0 aliphatic rings. The summed E-state index contributed by atoms with van der Waals surface area (Å²) in [6.07, 6.45) is 3.33. The van der Waals surface area contributed by atoms with E-state index in [4.69, 9.17) is 26.2 Å². The van der Waals surface area contributed by atoms with Crippen LogP contribution < -0.4 is 9.30 Å². The van der Waals surface area contributed by atoms with Gasteiger partial charge in [-0.1, -0.05) is 172 Å². The normalized spacial score (nSPS) is 14.4. The number of benzene rings is 8. The molecule has 11 aromatic rings. The van der Waals surface area contributed by atoms with Gasteiger partial charge < -0.3 is 13.9 Å². The van der Waals surface area contributed by atoms with Crippen LogP contribution in [0.25, 0.3) is 83.4 Å². The Morgan fingerprint density at radius 3 is 2.06 bits per heavy atom. The van der Waals surface area contributed by atoms with Gasteiger partial charge in [0.25, 0.3) is 6.33 Å². The van der Waals surface area contributed by atoms with E-state index in [0.717, 1.165) is 27.4 Å². The van der Waals surface area contributed by atoms with E-state index in [0.29, 0.717) is 45.1 Å². The van der Waals surface area contributed by atoms with E-state index in [1.54, 1.807) is 76.0 Å². The summed E-state index contributed by atoms with van der Waals surface area (Å²) in [5, 5.41) is 1.80. The number of fused-ring (bicyclic) bond motifs is 4. The number of hydrogen-bond donors (Lipinski definition) is 0. The molecular weight excluding hydrogens is 976 g/mol. The summed E-state index contributed by atoms with van der Waals surface area (Å²) in [6.45, 7) is 5.61. The standard InChI is InChI=1S/C59H44N4O.Pt/c1-59(2,3)39-41-33-34-60-57(35-41)63-53-32-29-45(42-17-7-4-8-18-42)36-52(53)51-31-30-48(38-56(51)63)64-47-24-15-23-46(37-47)61-40-62(55-28-14-13-27-54(55)61)58-49(43-19-9-5-10-20-43)25-16-26-50(58)44-21-11-6-12-22-44;/h4-36H,39H2,1-3H3;/q-2;/i5D,6D,9D,10D,11D,12D,19D,20D,21D,22D,39D2;. The minimum atomic E-state index is -1.69. The summed E-state index contributed by atoms with van der Waals surface area (Å²) < 4.78 is 117. The van der Waals surface area contributed by atoms with Gasteiger partial charge in [0.2, 0.25) is 0 Å². The van der Waals surface area contributed by atoms with Gasteiger partial charge >= 0.3 is 0 Å². The third kappa shape index (κ3) is 8.09. The van der Waals surface area contributed by atoms with Crippen LogP contribution >= 0.6 is 0 Å². The molecule has 0 aliphatic heterocycles. The van der Waals surface area contributed by atoms with Crippen LogP contribution in [0.2, 0.25) is 0 Å². The molecule has 0 radical (unpaired) electrons. The van der Waals surface area contributed by atoms with Gasteiger partial charge in [0.15, 0.2) is 0 Å². The van der Waals surface area contributed by atoms with Crippen LogP contribution in [0.1, 0.15) is 42.8 Å². The number of hydrogen-bond acceptors (Lipinski definition) is 2. The van der Waals surface area contributed by atoms with Gasteiger partial charge in [0.05, 0.1) is 30.4 Å². The van der Waals surface area contributed by atoms with Crippen LogP contribution in [0.4, 0.5) is 0 Å². The Kier molecular flexibility index (Phi) is 7.98. The predicted octanol–water partition coefficient (Wildman–Crippen LogP) is 14.2. The van der Waals surface area contributed by atoms with Crippen molar-refractivity contribution in [2.45, 2.75) is 27.1 Å². The first-order chi connectivity index (χ1) is 36.3. The first-order valence-corrected chi connectivity index (χ1v) is 20.7. The smallest absolute Gasteiger partial charge is 0.268 e. The fraction of sp³-hybridized carbons (Fsp3) is 0.0847. The van der Waals surface area contributed by atoms with Crippen molar-refractivity contribution in [1.82, 2.24) is 14.1 Å². The van der Waals surface area contributed by atoms with E-state index >= 15 is 0 Å². The van der Waals surface area contributed by atoms with Crippen molar-refractivity contribution in [3.8, 4) is 62.1 Å². The number of nitrogens with zero attached hydrogens (tertiary/aromatic N) is 4. The molecule has 0 N–H and O–H groups in total. The van der Waals surface area contributed by atoms with E-state index in [1.165, 1.54) is 0 Å². The number of aromatic nitrogens is 4. The van der Waals surface area contributed by atoms with E-state index in [2.05, 4.69) is 42.7 Å². The quantitative estimate of drug-likeness (QED) is 0.107. The monoisotopic (exact) mass is 1030 g/mol. The van der Waals surface area contributed by atoms with Crippen molar-refractivity contribution in [2.24, 2.45) is 5.41 Å². The third-order valence-electron chi connectivity index (χ3n) is 10.8. The summed E-state index contributed by atoms with van der Waals surface area (Å²) in [5.74, 6) is 1.16. The van der Waals surface area contributed by atoms with Gasteiger partial charge in [0.1, 0.15) is 5.82 Å². The van der Waals surface area contributed by atoms with Gasteiger partial charge in [0, 0.05) is 47.0 Å². The SMILES string of the molecule is [2H]c1c([2H])c([2H])c(-c2cccc(-c3c([2H])c([2H])c([2H])c([2H])c3[2H])c2-[n+]2[c-]n(-c3[c-]c(Oc4[c-]c5c(cc4)c4cc(-c6ccccc6)ccc4n5-c4cc(C([2H])([2H])C(C)(C)C)ccn4)ccc3)c3ccccc32)c([2H])c1[2H].[Pt]. The molecule has 3 heterocycles. The number of imidazole rings is 1. The van der Waals surface area contributed by atoms with Gasteiger partial charge in [-0.3, -0.25) is 4.57 Å². The van der Waals surface area contributed by atoms with Gasteiger partial charge in [-0.15, -0.1) is 29.7 Å². The zero-order valence-electron chi connectivity index (χ0n) is 47.3. The molecule has 6 heteroatoms. The molecule has 3 aromatic heterocycles. The van der Waals surface area contributed by atoms with Crippen molar-refractivity contribution in [1.29, 1.82) is 0 Å². The topological polar surface area (TPSA) is 35.9 Å². The first kappa shape index (κ1) is 29.9. The van der Waals surface area contributed by atoms with E-state index in [9.17, 15) is 0 Å². The van der Waals surface area contributed by atoms with Crippen molar-refractivity contribution >= 4 is 32.8 Å². The van der Waals surface area contributed by atoms with Crippen LogP contribution in [-0.4, -0.2) is 14.1 Å².